The van der Waals surface area contributed by atoms with Crippen molar-refractivity contribution in [3.63, 3.8) is 0 Å². The van der Waals surface area contributed by atoms with Gasteiger partial charge in [0, 0.05) is 24.1 Å². The average Bonchev–Trinajstić information content (AvgIpc) is 3.05. The number of rotatable bonds is 7. The normalized spacial score (nSPS) is 11.9. The van der Waals surface area contributed by atoms with E-state index in [1.54, 1.807) is 18.4 Å². The van der Waals surface area contributed by atoms with Gasteiger partial charge in [0.15, 0.2) is 0 Å². The van der Waals surface area contributed by atoms with E-state index in [0.29, 0.717) is 24.4 Å². The van der Waals surface area contributed by atoms with Crippen molar-refractivity contribution in [2.75, 3.05) is 13.2 Å². The number of aliphatic hydroxyl groups is 1. The van der Waals surface area contributed by atoms with E-state index in [0.717, 1.165) is 16.7 Å². The van der Waals surface area contributed by atoms with Crippen molar-refractivity contribution in [2.45, 2.75) is 19.6 Å². The van der Waals surface area contributed by atoms with E-state index in [2.05, 4.69) is 5.32 Å². The lowest BCUT2D eigenvalue weighted by atomic mass is 10.1. The Kier molecular flexibility index (Phi) is 6.64. The zero-order chi connectivity index (χ0) is 16.9. The summed E-state index contributed by atoms with van der Waals surface area (Å²) in [5, 5.41) is 13.9. The number of fused-ring (bicyclic) bond motifs is 1. The first-order valence-electron chi connectivity index (χ1n) is 7.70. The van der Waals surface area contributed by atoms with Crippen LogP contribution in [0.1, 0.15) is 11.3 Å². The molecule has 2 aromatic heterocycles. The molecule has 0 saturated heterocycles. The maximum absolute atomic E-state index is 11.4. The molecule has 0 bridgehead atoms. The fourth-order valence-corrected chi connectivity index (χ4v) is 2.42. The molecule has 1 aromatic carbocycles. The number of benzene rings is 1. The summed E-state index contributed by atoms with van der Waals surface area (Å²) in [6.45, 7) is 2.91. The molecule has 3 aromatic rings. The second-order valence-electron chi connectivity index (χ2n) is 5.58. The summed E-state index contributed by atoms with van der Waals surface area (Å²) >= 11 is 0. The first-order chi connectivity index (χ1) is 11.6. The minimum absolute atomic E-state index is 0. The quantitative estimate of drug-likeness (QED) is 0.626. The Labute approximate surface area is 150 Å². The highest BCUT2D eigenvalue weighted by atomic mass is 35.5. The number of aryl methyl sites for hydroxylation is 1. The van der Waals surface area contributed by atoms with Crippen molar-refractivity contribution in [3.05, 3.63) is 64.4 Å². The summed E-state index contributed by atoms with van der Waals surface area (Å²) in [5.41, 5.74) is 0.942. The van der Waals surface area contributed by atoms with Gasteiger partial charge < -0.3 is 24.0 Å². The first-order valence-corrected chi connectivity index (χ1v) is 7.70. The molecule has 7 heteroatoms. The van der Waals surface area contributed by atoms with Crippen LogP contribution in [0.3, 0.4) is 0 Å². The third kappa shape index (κ3) is 5.09. The highest BCUT2D eigenvalue weighted by Crippen LogP contribution is 2.22. The van der Waals surface area contributed by atoms with E-state index >= 15 is 0 Å². The van der Waals surface area contributed by atoms with Crippen LogP contribution in [-0.2, 0) is 6.54 Å². The molecule has 0 spiro atoms. The predicted molar refractivity (Wildman–Crippen MR) is 96.4 cm³/mol. The molecule has 0 aliphatic rings. The molecule has 25 heavy (non-hydrogen) atoms. The van der Waals surface area contributed by atoms with E-state index in [-0.39, 0.29) is 24.6 Å². The molecular weight excluding hydrogens is 346 g/mol. The zero-order valence-electron chi connectivity index (χ0n) is 13.7. The molecule has 0 amide bonds. The van der Waals surface area contributed by atoms with Crippen LogP contribution in [0.5, 0.6) is 5.75 Å². The number of ether oxygens (including phenoxy) is 1. The van der Waals surface area contributed by atoms with Gasteiger partial charge in [-0.1, -0.05) is 0 Å². The topological polar surface area (TPSA) is 84.8 Å². The molecule has 2 N–H and O–H groups in total. The van der Waals surface area contributed by atoms with Crippen LogP contribution in [-0.4, -0.2) is 24.4 Å². The molecule has 1 atom stereocenters. The third-order valence-electron chi connectivity index (χ3n) is 3.62. The van der Waals surface area contributed by atoms with Crippen molar-refractivity contribution in [1.29, 1.82) is 0 Å². The monoisotopic (exact) mass is 365 g/mol. The van der Waals surface area contributed by atoms with Gasteiger partial charge >= 0.3 is 5.63 Å². The minimum atomic E-state index is -0.667. The summed E-state index contributed by atoms with van der Waals surface area (Å²) in [6, 6.07) is 10.4. The molecule has 3 rings (SSSR count). The minimum Gasteiger partial charge on any atom is -0.491 e. The lowest BCUT2D eigenvalue weighted by Gasteiger charge is -2.13. The lowest BCUT2D eigenvalue weighted by Crippen LogP contribution is -2.31. The highest BCUT2D eigenvalue weighted by Gasteiger charge is 2.08. The molecule has 134 valence electrons. The summed E-state index contributed by atoms with van der Waals surface area (Å²) in [7, 11) is 0. The maximum Gasteiger partial charge on any atom is 0.336 e. The maximum atomic E-state index is 11.4. The number of hydrogen-bond acceptors (Lipinski definition) is 6. The molecule has 1 unspecified atom stereocenters. The summed E-state index contributed by atoms with van der Waals surface area (Å²) in [4.78, 5) is 11.4. The molecule has 6 nitrogen and oxygen atoms in total. The Morgan fingerprint density at radius 2 is 2.12 bits per heavy atom. The van der Waals surface area contributed by atoms with Gasteiger partial charge in [0.25, 0.3) is 0 Å². The van der Waals surface area contributed by atoms with Gasteiger partial charge in [-0.3, -0.25) is 0 Å². The van der Waals surface area contributed by atoms with Crippen molar-refractivity contribution in [3.8, 4) is 5.75 Å². The van der Waals surface area contributed by atoms with Gasteiger partial charge in [-0.2, -0.15) is 0 Å². The van der Waals surface area contributed by atoms with E-state index in [9.17, 15) is 9.90 Å². The Balaban J connectivity index is 0.00000225. The van der Waals surface area contributed by atoms with Gasteiger partial charge in [0.05, 0.1) is 12.8 Å². The van der Waals surface area contributed by atoms with Crippen LogP contribution < -0.4 is 15.7 Å². The van der Waals surface area contributed by atoms with E-state index in [1.807, 2.05) is 25.1 Å². The van der Waals surface area contributed by atoms with E-state index in [4.69, 9.17) is 13.6 Å². The van der Waals surface area contributed by atoms with Crippen LogP contribution in [0.15, 0.2) is 56.3 Å². The molecule has 0 aliphatic heterocycles. The van der Waals surface area contributed by atoms with Crippen LogP contribution in [0.4, 0.5) is 0 Å². The second-order valence-corrected chi connectivity index (χ2v) is 5.58. The molecule has 2 heterocycles. The summed E-state index contributed by atoms with van der Waals surface area (Å²) < 4.78 is 15.9. The van der Waals surface area contributed by atoms with E-state index in [1.165, 1.54) is 6.07 Å². The Bertz CT molecular complexity index is 860. The Morgan fingerprint density at radius 1 is 1.28 bits per heavy atom. The first kappa shape index (κ1) is 19.1. The van der Waals surface area contributed by atoms with Gasteiger partial charge in [0.1, 0.15) is 29.8 Å². The molecule has 0 fully saturated rings. The lowest BCUT2D eigenvalue weighted by molar-refractivity contribution is 0.106. The molecule has 0 radical (unpaired) electrons. The Morgan fingerprint density at radius 3 is 2.88 bits per heavy atom. The van der Waals surface area contributed by atoms with Crippen molar-refractivity contribution < 1.29 is 18.7 Å². The fraction of sp³-hybridized carbons (Fsp3) is 0.278. The number of furan rings is 1. The second kappa shape index (κ2) is 8.71. The van der Waals surface area contributed by atoms with Crippen LogP contribution in [0.2, 0.25) is 0 Å². The molecule has 0 saturated carbocycles. The third-order valence-corrected chi connectivity index (χ3v) is 3.62. The summed E-state index contributed by atoms with van der Waals surface area (Å²) in [5.74, 6) is 1.35. The Hall–Kier alpha value is -2.28. The smallest absolute Gasteiger partial charge is 0.336 e. The molecule has 0 aliphatic carbocycles. The largest absolute Gasteiger partial charge is 0.491 e. The zero-order valence-corrected chi connectivity index (χ0v) is 14.5. The number of hydrogen-bond donors (Lipinski definition) is 2. The number of aliphatic hydroxyl groups excluding tert-OH is 1. The van der Waals surface area contributed by atoms with Gasteiger partial charge in [-0.25, -0.2) is 4.79 Å². The average molecular weight is 366 g/mol. The van der Waals surface area contributed by atoms with Crippen LogP contribution in [0, 0.1) is 6.92 Å². The highest BCUT2D eigenvalue weighted by molar-refractivity contribution is 5.85. The summed E-state index contributed by atoms with van der Waals surface area (Å²) in [6.07, 6.45) is 0.941. The SMILES string of the molecule is Cc1cc(=O)oc2cc(OCC(O)CNCc3ccco3)ccc12.Cl. The van der Waals surface area contributed by atoms with Crippen LogP contribution >= 0.6 is 12.4 Å². The van der Waals surface area contributed by atoms with Crippen molar-refractivity contribution in [1.82, 2.24) is 5.32 Å². The van der Waals surface area contributed by atoms with Crippen molar-refractivity contribution >= 4 is 23.4 Å². The van der Waals surface area contributed by atoms with Gasteiger partial charge in [-0.15, -0.1) is 12.4 Å². The molecular formula is C18H20ClNO5. The van der Waals surface area contributed by atoms with Gasteiger partial charge in [0.2, 0.25) is 0 Å². The van der Waals surface area contributed by atoms with Crippen LogP contribution in [0.25, 0.3) is 11.0 Å². The number of halogens is 1. The fourth-order valence-electron chi connectivity index (χ4n) is 2.42. The van der Waals surface area contributed by atoms with Crippen molar-refractivity contribution in [2.24, 2.45) is 0 Å². The van der Waals surface area contributed by atoms with E-state index < -0.39 is 6.10 Å². The predicted octanol–water partition coefficient (Wildman–Crippen LogP) is 2.65. The number of nitrogens with one attached hydrogen (secondary N) is 1. The van der Waals surface area contributed by atoms with Gasteiger partial charge in [-0.05, 0) is 36.8 Å². The standard InChI is InChI=1S/C18H19NO5.ClH/c1-12-7-18(21)24-17-8-14(4-5-16(12)17)23-11-13(20)9-19-10-15-3-2-6-22-15;/h2-8,13,19-20H,9-11H2,1H3;1H.